The van der Waals surface area contributed by atoms with Gasteiger partial charge in [-0.05, 0) is 37.3 Å². The van der Waals surface area contributed by atoms with Crippen molar-refractivity contribution in [1.29, 1.82) is 0 Å². The molecule has 17 heavy (non-hydrogen) atoms. The molecule has 0 atom stereocenters. The molecule has 0 N–H and O–H groups in total. The average molecular weight is 291 g/mol. The molecule has 0 fully saturated rings. The largest absolute Gasteiger partial charge is 0.165 e. The van der Waals surface area contributed by atoms with Crippen LogP contribution in [0.4, 0.5) is 0 Å². The lowest BCUT2D eigenvalue weighted by atomic mass is 9.80. The van der Waals surface area contributed by atoms with Gasteiger partial charge in [-0.2, -0.15) is 11.8 Å². The molecule has 0 radical (unpaired) electrons. The number of hydrogen-bond acceptors (Lipinski definition) is 1. The number of thioether (sulfide) groups is 1. The van der Waals surface area contributed by atoms with Crippen LogP contribution in [0.5, 0.6) is 0 Å². The molecule has 1 rings (SSSR count). The second-order valence-corrected chi connectivity index (χ2v) is 6.03. The second kappa shape index (κ2) is 7.56. The third-order valence-electron chi connectivity index (χ3n) is 3.15. The highest BCUT2D eigenvalue weighted by molar-refractivity contribution is 7.98. The molecule has 0 saturated heterocycles. The molecule has 0 spiro atoms. The maximum Gasteiger partial charge on any atom is 0.0332 e. The summed E-state index contributed by atoms with van der Waals surface area (Å²) in [5, 5.41) is 0. The van der Waals surface area contributed by atoms with Crippen LogP contribution >= 0.6 is 35.0 Å². The first-order chi connectivity index (χ1) is 8.18. The lowest BCUT2D eigenvalue weighted by Gasteiger charge is -2.30. The van der Waals surface area contributed by atoms with Gasteiger partial charge < -0.3 is 0 Å². The molecule has 0 heterocycles. The monoisotopic (exact) mass is 290 g/mol. The fraction of sp³-hybridized carbons (Fsp3) is 0.571. The van der Waals surface area contributed by atoms with E-state index >= 15 is 0 Å². The average Bonchev–Trinajstić information content (AvgIpc) is 2.35. The molecule has 0 aliphatic carbocycles. The number of hydrogen-bond donors (Lipinski definition) is 0. The Morgan fingerprint density at radius 3 is 2.47 bits per heavy atom. The van der Waals surface area contributed by atoms with E-state index in [1.165, 1.54) is 16.9 Å². The summed E-state index contributed by atoms with van der Waals surface area (Å²) in [7, 11) is 0. The normalized spacial score (nSPS) is 11.8. The van der Waals surface area contributed by atoms with Gasteiger partial charge in [0, 0.05) is 17.2 Å². The van der Waals surface area contributed by atoms with E-state index in [-0.39, 0.29) is 5.41 Å². The highest BCUT2D eigenvalue weighted by Crippen LogP contribution is 2.33. The van der Waals surface area contributed by atoms with Gasteiger partial charge in [-0.1, -0.05) is 29.8 Å². The fourth-order valence-corrected chi connectivity index (χ4v) is 3.29. The summed E-state index contributed by atoms with van der Waals surface area (Å²) in [5.41, 5.74) is 2.49. The van der Waals surface area contributed by atoms with Crippen LogP contribution in [0.15, 0.2) is 24.3 Å². The van der Waals surface area contributed by atoms with Crippen molar-refractivity contribution in [3.63, 3.8) is 0 Å². The summed E-state index contributed by atoms with van der Waals surface area (Å²) >= 11 is 14.3. The fourth-order valence-electron chi connectivity index (χ4n) is 2.00. The lowest BCUT2D eigenvalue weighted by molar-refractivity contribution is 0.487. The maximum absolute atomic E-state index is 6.20. The summed E-state index contributed by atoms with van der Waals surface area (Å²) < 4.78 is 0. The van der Waals surface area contributed by atoms with Crippen LogP contribution in [0.25, 0.3) is 0 Å². The van der Waals surface area contributed by atoms with Crippen molar-refractivity contribution in [2.75, 3.05) is 23.8 Å². The van der Waals surface area contributed by atoms with Crippen molar-refractivity contribution in [1.82, 2.24) is 0 Å². The molecule has 1 aromatic carbocycles. The van der Waals surface area contributed by atoms with E-state index in [0.29, 0.717) is 11.8 Å². The topological polar surface area (TPSA) is 0 Å². The quantitative estimate of drug-likeness (QED) is 0.511. The van der Waals surface area contributed by atoms with Gasteiger partial charge in [0.05, 0.1) is 0 Å². The van der Waals surface area contributed by atoms with Crippen LogP contribution in [0.1, 0.15) is 24.0 Å². The molecular weight excluding hydrogens is 271 g/mol. The third kappa shape index (κ3) is 4.08. The Balaban J connectivity index is 2.89. The summed E-state index contributed by atoms with van der Waals surface area (Å²) in [6.45, 7) is 2.11. The summed E-state index contributed by atoms with van der Waals surface area (Å²) in [6, 6.07) is 8.56. The van der Waals surface area contributed by atoms with Crippen LogP contribution in [0, 0.1) is 6.92 Å². The first-order valence-electron chi connectivity index (χ1n) is 5.86. The molecular formula is C14H20Cl2S. The minimum atomic E-state index is -0.0646. The van der Waals surface area contributed by atoms with Gasteiger partial charge in [-0.15, -0.1) is 23.2 Å². The second-order valence-electron chi connectivity index (χ2n) is 4.51. The molecule has 0 unspecified atom stereocenters. The van der Waals surface area contributed by atoms with Gasteiger partial charge >= 0.3 is 0 Å². The van der Waals surface area contributed by atoms with Crippen molar-refractivity contribution >= 4 is 35.0 Å². The predicted molar refractivity (Wildman–Crippen MR) is 81.9 cm³/mol. The minimum absolute atomic E-state index is 0.0646. The molecule has 0 bridgehead atoms. The van der Waals surface area contributed by atoms with Gasteiger partial charge in [-0.25, -0.2) is 0 Å². The Kier molecular flexibility index (Phi) is 6.76. The predicted octanol–water partition coefficient (Wildman–Crippen LogP) is 4.85. The number of benzene rings is 1. The molecule has 1 aromatic rings. The molecule has 0 amide bonds. The summed E-state index contributed by atoms with van der Waals surface area (Å²) in [5.74, 6) is 2.35. The van der Waals surface area contributed by atoms with E-state index in [0.717, 1.165) is 12.8 Å². The number of halogens is 2. The van der Waals surface area contributed by atoms with Crippen LogP contribution in [0.3, 0.4) is 0 Å². The molecule has 0 saturated carbocycles. The van der Waals surface area contributed by atoms with Crippen LogP contribution in [-0.2, 0) is 5.41 Å². The molecule has 96 valence electrons. The number of alkyl halides is 2. The Bertz CT molecular complexity index is 335. The van der Waals surface area contributed by atoms with E-state index in [4.69, 9.17) is 23.2 Å². The van der Waals surface area contributed by atoms with E-state index in [2.05, 4.69) is 37.4 Å². The summed E-state index contributed by atoms with van der Waals surface area (Å²) in [4.78, 5) is 0. The zero-order valence-corrected chi connectivity index (χ0v) is 12.8. The molecule has 0 aliphatic rings. The molecule has 3 heteroatoms. The van der Waals surface area contributed by atoms with E-state index < -0.39 is 0 Å². The van der Waals surface area contributed by atoms with Gasteiger partial charge in [-0.3, -0.25) is 0 Å². The third-order valence-corrected chi connectivity index (χ3v) is 4.87. The van der Waals surface area contributed by atoms with Crippen LogP contribution in [-0.4, -0.2) is 23.8 Å². The Morgan fingerprint density at radius 2 is 1.94 bits per heavy atom. The zero-order chi connectivity index (χ0) is 12.7. The van der Waals surface area contributed by atoms with Crippen molar-refractivity contribution < 1.29 is 0 Å². The first-order valence-corrected chi connectivity index (χ1v) is 8.33. The number of aryl methyl sites for hydroxylation is 1. The first kappa shape index (κ1) is 15.2. The molecule has 0 aromatic heterocycles. The zero-order valence-electron chi connectivity index (χ0n) is 10.5. The van der Waals surface area contributed by atoms with Crippen LogP contribution < -0.4 is 0 Å². The van der Waals surface area contributed by atoms with Crippen molar-refractivity contribution in [3.8, 4) is 0 Å². The smallest absolute Gasteiger partial charge is 0.0332 e. The standard InChI is InChI=1S/C14H20Cl2S/c1-12-5-3-6-13(9-12)14(10-15,11-16)7-4-8-17-2/h3,5-6,9H,4,7-8,10-11H2,1-2H3. The van der Waals surface area contributed by atoms with Gasteiger partial charge in [0.25, 0.3) is 0 Å². The maximum atomic E-state index is 6.20. The highest BCUT2D eigenvalue weighted by Gasteiger charge is 2.30. The van der Waals surface area contributed by atoms with Crippen LogP contribution in [0.2, 0.25) is 0 Å². The Morgan fingerprint density at radius 1 is 1.24 bits per heavy atom. The minimum Gasteiger partial charge on any atom is -0.165 e. The number of rotatable bonds is 7. The van der Waals surface area contributed by atoms with Crippen molar-refractivity contribution in [3.05, 3.63) is 35.4 Å². The summed E-state index contributed by atoms with van der Waals surface area (Å²) in [6.07, 6.45) is 4.36. The lowest BCUT2D eigenvalue weighted by Crippen LogP contribution is -2.30. The van der Waals surface area contributed by atoms with Gasteiger partial charge in [0.15, 0.2) is 0 Å². The van der Waals surface area contributed by atoms with E-state index in [1.807, 2.05) is 11.8 Å². The Hall–Kier alpha value is 0.150. The Labute approximate surface area is 119 Å². The van der Waals surface area contributed by atoms with Gasteiger partial charge in [0.1, 0.15) is 0 Å². The molecule has 0 aliphatic heterocycles. The van der Waals surface area contributed by atoms with Crippen molar-refractivity contribution in [2.45, 2.75) is 25.2 Å². The van der Waals surface area contributed by atoms with Gasteiger partial charge in [0.2, 0.25) is 0 Å². The van der Waals surface area contributed by atoms with E-state index in [9.17, 15) is 0 Å². The van der Waals surface area contributed by atoms with Crippen molar-refractivity contribution in [2.24, 2.45) is 0 Å². The van der Waals surface area contributed by atoms with E-state index in [1.54, 1.807) is 0 Å². The highest BCUT2D eigenvalue weighted by atomic mass is 35.5. The molecule has 0 nitrogen and oxygen atoms in total. The SMILES string of the molecule is CSCCCC(CCl)(CCl)c1cccc(C)c1.